The van der Waals surface area contributed by atoms with Gasteiger partial charge in [-0.1, -0.05) is 6.07 Å². The zero-order chi connectivity index (χ0) is 14.4. The minimum absolute atomic E-state index is 0.213. The molecule has 0 radical (unpaired) electrons. The van der Waals surface area contributed by atoms with Gasteiger partial charge in [0.15, 0.2) is 11.5 Å². The second kappa shape index (κ2) is 7.50. The lowest BCUT2D eigenvalue weighted by atomic mass is 9.91. The topological polar surface area (TPSA) is 47.9 Å². The largest absolute Gasteiger partial charge is 0.493 e. The molecule has 20 heavy (non-hydrogen) atoms. The summed E-state index contributed by atoms with van der Waals surface area (Å²) in [6.45, 7) is 0.990. The van der Waals surface area contributed by atoms with E-state index in [0.717, 1.165) is 43.8 Å². The monoisotopic (exact) mass is 280 g/mol. The summed E-state index contributed by atoms with van der Waals surface area (Å²) in [4.78, 5) is 0. The summed E-state index contributed by atoms with van der Waals surface area (Å²) in [5, 5.41) is 8.92. The van der Waals surface area contributed by atoms with Crippen molar-refractivity contribution in [2.45, 2.75) is 31.8 Å². The second-order valence-corrected chi connectivity index (χ2v) is 5.30. The van der Waals surface area contributed by atoms with Gasteiger partial charge in [-0.15, -0.1) is 0 Å². The molecule has 112 valence electrons. The molecule has 0 amide bonds. The van der Waals surface area contributed by atoms with Gasteiger partial charge in [0.1, 0.15) is 0 Å². The highest BCUT2D eigenvalue weighted by Gasteiger charge is 2.21. The van der Waals surface area contributed by atoms with E-state index in [1.54, 1.807) is 14.2 Å². The van der Waals surface area contributed by atoms with E-state index >= 15 is 0 Å². The van der Waals surface area contributed by atoms with Crippen molar-refractivity contribution in [1.29, 1.82) is 0 Å². The molecule has 0 aliphatic carbocycles. The number of hydrogen-bond acceptors (Lipinski definition) is 4. The molecule has 4 heteroatoms. The molecule has 0 saturated carbocycles. The van der Waals surface area contributed by atoms with Gasteiger partial charge in [-0.3, -0.25) is 0 Å². The third-order valence-corrected chi connectivity index (χ3v) is 3.89. The molecular weight excluding hydrogens is 256 g/mol. The maximum Gasteiger partial charge on any atom is 0.160 e. The molecule has 4 nitrogen and oxygen atoms in total. The lowest BCUT2D eigenvalue weighted by Gasteiger charge is -2.29. The van der Waals surface area contributed by atoms with Gasteiger partial charge in [-0.2, -0.15) is 0 Å². The Hall–Kier alpha value is -1.26. The Balaban J connectivity index is 1.91. The number of aliphatic hydroxyl groups is 1. The predicted octanol–water partition coefficient (Wildman–Crippen LogP) is 2.42. The summed E-state index contributed by atoms with van der Waals surface area (Å²) in [7, 11) is 3.30. The minimum Gasteiger partial charge on any atom is -0.493 e. The fourth-order valence-electron chi connectivity index (χ4n) is 2.73. The predicted molar refractivity (Wildman–Crippen MR) is 77.4 cm³/mol. The van der Waals surface area contributed by atoms with Crippen LogP contribution in [0, 0.1) is 5.92 Å². The first-order valence-electron chi connectivity index (χ1n) is 7.20. The maximum atomic E-state index is 8.92. The summed E-state index contributed by atoms with van der Waals surface area (Å²) >= 11 is 0. The van der Waals surface area contributed by atoms with Crippen LogP contribution in [0.1, 0.15) is 24.8 Å². The third kappa shape index (κ3) is 3.87. The van der Waals surface area contributed by atoms with Gasteiger partial charge in [0, 0.05) is 6.61 Å². The van der Waals surface area contributed by atoms with Crippen molar-refractivity contribution in [2.75, 3.05) is 27.4 Å². The zero-order valence-electron chi connectivity index (χ0n) is 12.3. The average molecular weight is 280 g/mol. The quantitative estimate of drug-likeness (QED) is 0.869. The Bertz CT molecular complexity index is 411. The van der Waals surface area contributed by atoms with Crippen molar-refractivity contribution < 1.29 is 19.3 Å². The lowest BCUT2D eigenvalue weighted by Crippen LogP contribution is -2.27. The van der Waals surface area contributed by atoms with Crippen LogP contribution in [-0.2, 0) is 11.2 Å². The first kappa shape index (κ1) is 15.1. The van der Waals surface area contributed by atoms with Crippen LogP contribution < -0.4 is 9.47 Å². The van der Waals surface area contributed by atoms with Gasteiger partial charge >= 0.3 is 0 Å². The number of benzene rings is 1. The van der Waals surface area contributed by atoms with Crippen molar-refractivity contribution in [3.05, 3.63) is 23.8 Å². The number of rotatable bonds is 6. The van der Waals surface area contributed by atoms with Gasteiger partial charge < -0.3 is 19.3 Å². The highest BCUT2D eigenvalue weighted by molar-refractivity contribution is 5.43. The molecule has 1 aromatic rings. The Morgan fingerprint density at radius 2 is 2.00 bits per heavy atom. The Morgan fingerprint density at radius 1 is 1.20 bits per heavy atom. The maximum absolute atomic E-state index is 8.92. The number of methoxy groups -OCH3 is 2. The van der Waals surface area contributed by atoms with E-state index in [9.17, 15) is 0 Å². The molecule has 0 spiro atoms. The molecule has 1 saturated heterocycles. The van der Waals surface area contributed by atoms with Gasteiger partial charge in [0.25, 0.3) is 0 Å². The molecule has 2 rings (SSSR count). The number of aliphatic hydroxyl groups excluding tert-OH is 1. The van der Waals surface area contributed by atoms with Gasteiger partial charge in [0.2, 0.25) is 0 Å². The van der Waals surface area contributed by atoms with Crippen molar-refractivity contribution in [2.24, 2.45) is 5.92 Å². The lowest BCUT2D eigenvalue weighted by molar-refractivity contribution is -0.0263. The Labute approximate surface area is 120 Å². The molecule has 1 aliphatic rings. The SMILES string of the molecule is COc1ccc(CC2CCC(CCO)OC2)cc1OC. The number of ether oxygens (including phenoxy) is 3. The van der Waals surface area contributed by atoms with Crippen LogP contribution in [-0.4, -0.2) is 38.6 Å². The van der Waals surface area contributed by atoms with Crippen LogP contribution >= 0.6 is 0 Å². The van der Waals surface area contributed by atoms with Crippen LogP contribution in [0.2, 0.25) is 0 Å². The van der Waals surface area contributed by atoms with Crippen LogP contribution in [0.4, 0.5) is 0 Å². The smallest absolute Gasteiger partial charge is 0.160 e. The fourth-order valence-corrected chi connectivity index (χ4v) is 2.73. The van der Waals surface area contributed by atoms with E-state index in [1.165, 1.54) is 5.56 Å². The summed E-state index contributed by atoms with van der Waals surface area (Å²) in [6, 6.07) is 6.08. The van der Waals surface area contributed by atoms with Gasteiger partial charge in [0.05, 0.1) is 26.9 Å². The second-order valence-electron chi connectivity index (χ2n) is 5.30. The normalized spacial score (nSPS) is 22.6. The first-order valence-corrected chi connectivity index (χ1v) is 7.20. The molecule has 1 fully saturated rings. The highest BCUT2D eigenvalue weighted by Crippen LogP contribution is 2.30. The molecule has 2 atom stereocenters. The van der Waals surface area contributed by atoms with Crippen LogP contribution in [0.15, 0.2) is 18.2 Å². The summed E-state index contributed by atoms with van der Waals surface area (Å²) in [6.07, 6.45) is 4.17. The third-order valence-electron chi connectivity index (χ3n) is 3.89. The van der Waals surface area contributed by atoms with E-state index < -0.39 is 0 Å². The highest BCUT2D eigenvalue weighted by atomic mass is 16.5. The first-order chi connectivity index (χ1) is 9.76. The van der Waals surface area contributed by atoms with Crippen molar-refractivity contribution in [1.82, 2.24) is 0 Å². The molecule has 1 aromatic carbocycles. The zero-order valence-corrected chi connectivity index (χ0v) is 12.3. The van der Waals surface area contributed by atoms with E-state index in [-0.39, 0.29) is 12.7 Å². The molecular formula is C16H24O4. The van der Waals surface area contributed by atoms with Gasteiger partial charge in [-0.25, -0.2) is 0 Å². The van der Waals surface area contributed by atoms with Crippen molar-refractivity contribution in [3.63, 3.8) is 0 Å². The van der Waals surface area contributed by atoms with Crippen LogP contribution in [0.3, 0.4) is 0 Å². The summed E-state index contributed by atoms with van der Waals surface area (Å²) in [5.41, 5.74) is 1.25. The minimum atomic E-state index is 0.213. The van der Waals surface area contributed by atoms with Crippen molar-refractivity contribution in [3.8, 4) is 11.5 Å². The van der Waals surface area contributed by atoms with Crippen LogP contribution in [0.25, 0.3) is 0 Å². The fraction of sp³-hybridized carbons (Fsp3) is 0.625. The van der Waals surface area contributed by atoms with E-state index in [2.05, 4.69) is 6.07 Å². The number of hydrogen-bond donors (Lipinski definition) is 1. The van der Waals surface area contributed by atoms with E-state index in [0.29, 0.717) is 5.92 Å². The Kier molecular flexibility index (Phi) is 5.68. The molecule has 0 aromatic heterocycles. The molecule has 0 bridgehead atoms. The Morgan fingerprint density at radius 3 is 2.60 bits per heavy atom. The summed E-state index contributed by atoms with van der Waals surface area (Å²) < 4.78 is 16.4. The van der Waals surface area contributed by atoms with E-state index in [4.69, 9.17) is 19.3 Å². The molecule has 1 aliphatic heterocycles. The molecule has 1 heterocycles. The van der Waals surface area contributed by atoms with Crippen LogP contribution in [0.5, 0.6) is 11.5 Å². The molecule has 2 unspecified atom stereocenters. The standard InChI is InChI=1S/C16H24O4/c1-18-15-6-4-12(10-16(15)19-2)9-13-3-5-14(7-8-17)20-11-13/h4,6,10,13-14,17H,3,5,7-9,11H2,1-2H3. The average Bonchev–Trinajstić information content (AvgIpc) is 2.49. The van der Waals surface area contributed by atoms with E-state index in [1.807, 2.05) is 12.1 Å². The van der Waals surface area contributed by atoms with Crippen molar-refractivity contribution >= 4 is 0 Å². The van der Waals surface area contributed by atoms with Gasteiger partial charge in [-0.05, 0) is 49.3 Å². The summed E-state index contributed by atoms with van der Waals surface area (Å²) in [5.74, 6) is 2.09. The molecule has 1 N–H and O–H groups in total.